The van der Waals surface area contributed by atoms with Gasteiger partial charge in [0, 0.05) is 14.9 Å². The number of nitriles is 1. The molecule has 2 rings (SSSR count). The van der Waals surface area contributed by atoms with Crippen molar-refractivity contribution in [2.75, 3.05) is 5.73 Å². The summed E-state index contributed by atoms with van der Waals surface area (Å²) < 4.78 is 1.04. The Morgan fingerprint density at radius 2 is 2.16 bits per heavy atom. The number of thiophene rings is 1. The lowest BCUT2D eigenvalue weighted by molar-refractivity contribution is 0.930. The number of nitrogens with two attached hydrogens (primary N) is 1. The third-order valence-corrected chi connectivity index (χ3v) is 4.89. The van der Waals surface area contributed by atoms with E-state index < -0.39 is 0 Å². The molecule has 4 heteroatoms. The van der Waals surface area contributed by atoms with E-state index in [-0.39, 0.29) is 0 Å². The van der Waals surface area contributed by atoms with E-state index in [4.69, 9.17) is 11.0 Å². The summed E-state index contributed by atoms with van der Waals surface area (Å²) in [5, 5.41) is 9.16. The largest absolute Gasteiger partial charge is 0.397 e. The number of aryl methyl sites for hydroxylation is 1. The maximum absolute atomic E-state index is 9.16. The van der Waals surface area contributed by atoms with Crippen LogP contribution in [-0.2, 0) is 6.42 Å². The minimum atomic E-state index is 0.617. The molecule has 0 saturated heterocycles. The summed E-state index contributed by atoms with van der Waals surface area (Å²) >= 11 is 5.08. The van der Waals surface area contributed by atoms with Gasteiger partial charge in [-0.3, -0.25) is 0 Å². The molecule has 0 aliphatic heterocycles. The second-order valence-electron chi connectivity index (χ2n) is 4.50. The van der Waals surface area contributed by atoms with E-state index in [1.165, 1.54) is 16.9 Å². The Balaban J connectivity index is 2.67. The summed E-state index contributed by atoms with van der Waals surface area (Å²) in [4.78, 5) is 1.73. The van der Waals surface area contributed by atoms with Crippen LogP contribution in [0, 0.1) is 18.3 Å². The molecule has 0 unspecified atom stereocenters. The second kappa shape index (κ2) is 5.77. The standard InChI is InChI=1S/C15H15BrN2S/c1-3-4-10-14(18)13(8-17)19-15(10)11-7-9(2)5-6-12(11)16/h5-7H,3-4,18H2,1-2H3. The van der Waals surface area contributed by atoms with Crippen LogP contribution < -0.4 is 5.73 Å². The Morgan fingerprint density at radius 1 is 1.42 bits per heavy atom. The summed E-state index contributed by atoms with van der Waals surface area (Å²) in [5.74, 6) is 0. The maximum atomic E-state index is 9.16. The first-order valence-electron chi connectivity index (χ1n) is 6.16. The fourth-order valence-electron chi connectivity index (χ4n) is 2.09. The fraction of sp³-hybridized carbons (Fsp3) is 0.267. The Morgan fingerprint density at radius 3 is 2.79 bits per heavy atom. The van der Waals surface area contributed by atoms with Gasteiger partial charge >= 0.3 is 0 Å². The molecule has 19 heavy (non-hydrogen) atoms. The smallest absolute Gasteiger partial charge is 0.128 e. The average molecular weight is 335 g/mol. The van der Waals surface area contributed by atoms with Crippen LogP contribution in [0.2, 0.25) is 0 Å². The highest BCUT2D eigenvalue weighted by molar-refractivity contribution is 9.10. The van der Waals surface area contributed by atoms with Crippen molar-refractivity contribution >= 4 is 33.0 Å². The van der Waals surface area contributed by atoms with E-state index in [9.17, 15) is 0 Å². The Hall–Kier alpha value is -1.31. The zero-order chi connectivity index (χ0) is 14.0. The van der Waals surface area contributed by atoms with Crippen LogP contribution >= 0.6 is 27.3 Å². The summed E-state index contributed by atoms with van der Waals surface area (Å²) in [6.45, 7) is 4.19. The number of halogens is 1. The highest BCUT2D eigenvalue weighted by atomic mass is 79.9. The molecule has 0 radical (unpaired) electrons. The lowest BCUT2D eigenvalue weighted by Gasteiger charge is -2.07. The van der Waals surface area contributed by atoms with E-state index in [0.29, 0.717) is 10.6 Å². The zero-order valence-electron chi connectivity index (χ0n) is 11.0. The molecule has 0 bridgehead atoms. The molecular weight excluding hydrogens is 320 g/mol. The topological polar surface area (TPSA) is 49.8 Å². The first-order chi connectivity index (χ1) is 9.08. The first-order valence-corrected chi connectivity index (χ1v) is 7.77. The molecule has 98 valence electrons. The molecule has 0 aliphatic rings. The quantitative estimate of drug-likeness (QED) is 0.868. The molecule has 2 aromatic rings. The Kier molecular flexibility index (Phi) is 4.28. The van der Waals surface area contributed by atoms with Crippen molar-refractivity contribution in [3.05, 3.63) is 38.7 Å². The first kappa shape index (κ1) is 14.1. The van der Waals surface area contributed by atoms with Crippen molar-refractivity contribution in [1.29, 1.82) is 5.26 Å². The van der Waals surface area contributed by atoms with Crippen LogP contribution in [-0.4, -0.2) is 0 Å². The van der Waals surface area contributed by atoms with Gasteiger partial charge in [0.15, 0.2) is 0 Å². The molecule has 2 N–H and O–H groups in total. The Labute approximate surface area is 126 Å². The van der Waals surface area contributed by atoms with Gasteiger partial charge in [-0.1, -0.05) is 40.9 Å². The van der Waals surface area contributed by atoms with Gasteiger partial charge in [0.2, 0.25) is 0 Å². The summed E-state index contributed by atoms with van der Waals surface area (Å²) in [5.41, 5.74) is 10.2. The van der Waals surface area contributed by atoms with Crippen molar-refractivity contribution in [2.45, 2.75) is 26.7 Å². The van der Waals surface area contributed by atoms with Gasteiger partial charge in [0.25, 0.3) is 0 Å². The number of hydrogen-bond acceptors (Lipinski definition) is 3. The van der Waals surface area contributed by atoms with Crippen LogP contribution in [0.5, 0.6) is 0 Å². The number of rotatable bonds is 3. The monoisotopic (exact) mass is 334 g/mol. The van der Waals surface area contributed by atoms with Gasteiger partial charge < -0.3 is 5.73 Å². The molecule has 2 nitrogen and oxygen atoms in total. The second-order valence-corrected chi connectivity index (χ2v) is 6.37. The van der Waals surface area contributed by atoms with Crippen molar-refractivity contribution in [3.63, 3.8) is 0 Å². The number of hydrogen-bond donors (Lipinski definition) is 1. The van der Waals surface area contributed by atoms with Crippen LogP contribution in [0.25, 0.3) is 10.4 Å². The molecule has 0 fully saturated rings. The fourth-order valence-corrected chi connectivity index (χ4v) is 3.76. The molecular formula is C15H15BrN2S. The molecule has 1 aromatic carbocycles. The number of nitrogens with zero attached hydrogens (tertiary/aromatic N) is 1. The zero-order valence-corrected chi connectivity index (χ0v) is 13.4. The van der Waals surface area contributed by atoms with Gasteiger partial charge in [-0.25, -0.2) is 0 Å². The van der Waals surface area contributed by atoms with E-state index >= 15 is 0 Å². The lowest BCUT2D eigenvalue weighted by atomic mass is 10.0. The van der Waals surface area contributed by atoms with E-state index in [2.05, 4.69) is 48.0 Å². The highest BCUT2D eigenvalue weighted by Gasteiger charge is 2.18. The van der Waals surface area contributed by atoms with E-state index in [1.54, 1.807) is 0 Å². The van der Waals surface area contributed by atoms with Gasteiger partial charge in [0.1, 0.15) is 10.9 Å². The van der Waals surface area contributed by atoms with Crippen molar-refractivity contribution in [1.82, 2.24) is 0 Å². The highest BCUT2D eigenvalue weighted by Crippen LogP contribution is 2.42. The SMILES string of the molecule is CCCc1c(-c2cc(C)ccc2Br)sc(C#N)c1N. The third-order valence-electron chi connectivity index (χ3n) is 3.02. The average Bonchev–Trinajstić information content (AvgIpc) is 2.70. The maximum Gasteiger partial charge on any atom is 0.128 e. The molecule has 1 aromatic heterocycles. The van der Waals surface area contributed by atoms with Crippen molar-refractivity contribution in [2.24, 2.45) is 0 Å². The lowest BCUT2D eigenvalue weighted by Crippen LogP contribution is -1.93. The van der Waals surface area contributed by atoms with Gasteiger partial charge in [-0.2, -0.15) is 5.26 Å². The number of benzene rings is 1. The van der Waals surface area contributed by atoms with E-state index in [1.807, 2.05) is 6.07 Å². The normalized spacial score (nSPS) is 10.4. The predicted octanol–water partition coefficient (Wildman–Crippen LogP) is 4.89. The third kappa shape index (κ3) is 2.68. The van der Waals surface area contributed by atoms with Crippen LogP contribution in [0.3, 0.4) is 0 Å². The summed E-state index contributed by atoms with van der Waals surface area (Å²) in [6.07, 6.45) is 1.92. The number of anilines is 1. The van der Waals surface area contributed by atoms with Gasteiger partial charge in [0.05, 0.1) is 5.69 Å². The molecule has 0 saturated carbocycles. The van der Waals surface area contributed by atoms with Crippen LogP contribution in [0.1, 0.15) is 29.3 Å². The Bertz CT molecular complexity index is 653. The molecule has 0 aliphatic carbocycles. The van der Waals surface area contributed by atoms with Crippen molar-refractivity contribution in [3.8, 4) is 16.5 Å². The minimum Gasteiger partial charge on any atom is -0.397 e. The number of nitrogen functional groups attached to an aromatic ring is 1. The molecule has 1 heterocycles. The molecule has 0 atom stereocenters. The van der Waals surface area contributed by atoms with Crippen LogP contribution in [0.15, 0.2) is 22.7 Å². The van der Waals surface area contributed by atoms with Crippen LogP contribution in [0.4, 0.5) is 5.69 Å². The van der Waals surface area contributed by atoms with Gasteiger partial charge in [-0.05, 0) is 31.0 Å². The van der Waals surface area contributed by atoms with Crippen molar-refractivity contribution < 1.29 is 0 Å². The summed E-state index contributed by atoms with van der Waals surface area (Å²) in [7, 11) is 0. The predicted molar refractivity (Wildman–Crippen MR) is 85.3 cm³/mol. The van der Waals surface area contributed by atoms with E-state index in [0.717, 1.165) is 33.3 Å². The molecule has 0 amide bonds. The molecule has 0 spiro atoms. The minimum absolute atomic E-state index is 0.617. The van der Waals surface area contributed by atoms with Gasteiger partial charge in [-0.15, -0.1) is 11.3 Å². The summed E-state index contributed by atoms with van der Waals surface area (Å²) in [6, 6.07) is 8.44.